The number of fused-ring (bicyclic) bond motifs is 1. The molecule has 1 atom stereocenters. The van der Waals surface area contributed by atoms with Gasteiger partial charge in [0, 0.05) is 24.2 Å². The quantitative estimate of drug-likeness (QED) is 0.0976. The molecule has 0 amide bonds. The number of nitrogens with one attached hydrogen (secondary N) is 1. The van der Waals surface area contributed by atoms with Crippen molar-refractivity contribution in [1.29, 1.82) is 0 Å². The number of nitrogens with two attached hydrogens (primary N) is 5. The Morgan fingerprint density at radius 2 is 1.85 bits per heavy atom. The molecule has 3 aromatic rings. The fourth-order valence-corrected chi connectivity index (χ4v) is 6.69. The van der Waals surface area contributed by atoms with Crippen LogP contribution in [0.2, 0.25) is 0 Å². The molecular formula is C18H25N9O4S2. The molecular weight excluding hydrogens is 470 g/mol. The van der Waals surface area contributed by atoms with Crippen LogP contribution in [0.15, 0.2) is 45.2 Å². The number of imidazole rings is 1. The van der Waals surface area contributed by atoms with E-state index in [-0.39, 0.29) is 17.1 Å². The van der Waals surface area contributed by atoms with E-state index in [0.29, 0.717) is 16.6 Å². The molecule has 0 saturated heterocycles. The molecule has 0 radical (unpaired) electrons. The third kappa shape index (κ3) is 4.49. The minimum atomic E-state index is -4.63. The Morgan fingerprint density at radius 1 is 1.18 bits per heavy atom. The van der Waals surface area contributed by atoms with E-state index < -0.39 is 47.3 Å². The molecule has 33 heavy (non-hydrogen) atoms. The largest absolute Gasteiger partial charge is 0.382 e. The summed E-state index contributed by atoms with van der Waals surface area (Å²) in [6.07, 6.45) is 0. The smallest absolute Gasteiger partial charge is 0.240 e. The summed E-state index contributed by atoms with van der Waals surface area (Å²) in [6.45, 7) is 1.48. The summed E-state index contributed by atoms with van der Waals surface area (Å²) < 4.78 is 53.0. The third-order valence-corrected chi connectivity index (χ3v) is 8.00. The molecule has 1 heterocycles. The van der Waals surface area contributed by atoms with Crippen LogP contribution in [0.3, 0.4) is 0 Å². The van der Waals surface area contributed by atoms with Gasteiger partial charge in [0.1, 0.15) is 4.90 Å². The Kier molecular flexibility index (Phi) is 6.36. The van der Waals surface area contributed by atoms with E-state index in [2.05, 4.69) is 10.1 Å². The molecule has 3 rings (SSSR count). The van der Waals surface area contributed by atoms with Crippen molar-refractivity contribution < 1.29 is 16.8 Å². The van der Waals surface area contributed by atoms with E-state index in [9.17, 15) is 16.8 Å². The van der Waals surface area contributed by atoms with E-state index in [0.717, 1.165) is 6.07 Å². The number of hydrazone groups is 1. The van der Waals surface area contributed by atoms with Gasteiger partial charge in [-0.05, 0) is 24.6 Å². The van der Waals surface area contributed by atoms with Gasteiger partial charge in [-0.15, -0.1) is 5.10 Å². The van der Waals surface area contributed by atoms with Crippen LogP contribution in [0.25, 0.3) is 22.2 Å². The average Bonchev–Trinajstić information content (AvgIpc) is 2.99. The number of anilines is 1. The number of amidine groups is 1. The number of hydrogen-bond donors (Lipinski definition) is 6. The fourth-order valence-electron chi connectivity index (χ4n) is 3.58. The van der Waals surface area contributed by atoms with Crippen molar-refractivity contribution in [3.05, 3.63) is 35.9 Å². The summed E-state index contributed by atoms with van der Waals surface area (Å²) in [5, 5.41) is 9.16. The molecule has 0 aliphatic rings. The first-order valence-electron chi connectivity index (χ1n) is 9.48. The number of nitrogen functional groups attached to an aromatic ring is 1. The zero-order valence-corrected chi connectivity index (χ0v) is 19.5. The van der Waals surface area contributed by atoms with Crippen molar-refractivity contribution in [1.82, 2.24) is 15.1 Å². The number of benzene rings is 2. The van der Waals surface area contributed by atoms with Gasteiger partial charge in [0.2, 0.25) is 16.0 Å². The third-order valence-electron chi connectivity index (χ3n) is 4.90. The Labute approximate surface area is 190 Å². The van der Waals surface area contributed by atoms with E-state index in [1.165, 1.54) is 13.0 Å². The van der Waals surface area contributed by atoms with E-state index in [1.807, 2.05) is 5.53 Å². The summed E-state index contributed by atoms with van der Waals surface area (Å²) in [5.74, 6) is 4.54. The van der Waals surface area contributed by atoms with Crippen LogP contribution >= 0.6 is 0 Å². The maximum atomic E-state index is 13.0. The van der Waals surface area contributed by atoms with Gasteiger partial charge in [0.25, 0.3) is 0 Å². The summed E-state index contributed by atoms with van der Waals surface area (Å²) in [6, 6.07) is 6.89. The number of aryl methyl sites for hydroxylation is 1. The summed E-state index contributed by atoms with van der Waals surface area (Å²) in [4.78, 5) is 3.07. The van der Waals surface area contributed by atoms with Crippen molar-refractivity contribution in [2.45, 2.75) is 22.8 Å². The van der Waals surface area contributed by atoms with Crippen molar-refractivity contribution in [3.63, 3.8) is 0 Å². The van der Waals surface area contributed by atoms with Crippen molar-refractivity contribution in [3.8, 4) is 11.1 Å². The molecule has 13 nitrogen and oxygen atoms in total. The number of aromatic nitrogens is 2. The first-order chi connectivity index (χ1) is 15.3. The molecule has 0 aliphatic heterocycles. The first-order valence-corrected chi connectivity index (χ1v) is 12.7. The molecule has 178 valence electrons. The minimum absolute atomic E-state index is 0.207. The van der Waals surface area contributed by atoms with Gasteiger partial charge in [-0.25, -0.2) is 38.3 Å². The monoisotopic (exact) mass is 495 g/mol. The molecule has 2 aromatic carbocycles. The van der Waals surface area contributed by atoms with Gasteiger partial charge in [-0.2, -0.15) is 0 Å². The Hall–Kier alpha value is -3.24. The molecule has 11 N–H and O–H groups in total. The Morgan fingerprint density at radius 3 is 2.42 bits per heavy atom. The number of nitrogens with zero attached hydrogens (tertiary/aromatic N) is 3. The van der Waals surface area contributed by atoms with Gasteiger partial charge >= 0.3 is 0 Å². The molecule has 0 aliphatic carbocycles. The van der Waals surface area contributed by atoms with Crippen LogP contribution in [-0.2, 0) is 26.9 Å². The summed E-state index contributed by atoms with van der Waals surface area (Å²) >= 11 is 0. The Balaban J connectivity index is 2.53. The second-order valence-electron chi connectivity index (χ2n) is 7.45. The highest BCUT2D eigenvalue weighted by molar-refractivity contribution is 7.93. The van der Waals surface area contributed by atoms with Gasteiger partial charge in [0.15, 0.2) is 15.7 Å². The number of rotatable bonds is 7. The zero-order valence-electron chi connectivity index (χ0n) is 17.8. The van der Waals surface area contributed by atoms with Gasteiger partial charge in [0.05, 0.1) is 21.7 Å². The summed E-state index contributed by atoms with van der Waals surface area (Å²) in [7, 11) is -7.10. The average molecular weight is 496 g/mol. The van der Waals surface area contributed by atoms with Crippen LogP contribution in [0, 0.1) is 0 Å². The van der Waals surface area contributed by atoms with E-state index >= 15 is 0 Å². The van der Waals surface area contributed by atoms with Gasteiger partial charge in [-0.1, -0.05) is 18.2 Å². The second kappa shape index (κ2) is 8.60. The number of primary sulfonamides is 1. The highest BCUT2D eigenvalue weighted by Gasteiger charge is 2.32. The van der Waals surface area contributed by atoms with Crippen molar-refractivity contribution in [2.75, 3.05) is 11.5 Å². The van der Waals surface area contributed by atoms with Gasteiger partial charge < -0.3 is 21.8 Å². The predicted octanol–water partition coefficient (Wildman–Crippen LogP) is -1.33. The first kappa shape index (κ1) is 24.4. The standard InChI is InChI=1S/C18H25N9O4S2/c1-9(19)8-32(28,29)13-7-6-10(14(17(20)25-26-22)16(13)33(23,30)31)11-4-3-5-12-15(11)24-18(21)27(12)2/h3-7,9,26H,8,19,22H2,1-2H3,(H2,20,25)(H2,21,24)(H2,23,30,31). The second-order valence-corrected chi connectivity index (χ2v) is 10.9. The molecule has 1 unspecified atom stereocenters. The maximum absolute atomic E-state index is 13.0. The van der Waals surface area contributed by atoms with E-state index in [4.69, 9.17) is 28.2 Å². The number of hydrazine groups is 1. The zero-order chi connectivity index (χ0) is 24.7. The maximum Gasteiger partial charge on any atom is 0.240 e. The van der Waals surface area contributed by atoms with E-state index in [1.54, 1.807) is 29.8 Å². The lowest BCUT2D eigenvalue weighted by molar-refractivity contribution is 0.579. The number of hydrogen-bond acceptors (Lipinski definition) is 10. The fraction of sp³-hybridized carbons (Fsp3) is 0.222. The van der Waals surface area contributed by atoms with Gasteiger partial charge in [-0.3, -0.25) is 0 Å². The molecule has 1 aromatic heterocycles. The highest BCUT2D eigenvalue weighted by atomic mass is 32.2. The minimum Gasteiger partial charge on any atom is -0.382 e. The van der Waals surface area contributed by atoms with Crippen LogP contribution in [0.5, 0.6) is 0 Å². The molecule has 0 fully saturated rings. The lowest BCUT2D eigenvalue weighted by Crippen LogP contribution is -2.31. The lowest BCUT2D eigenvalue weighted by atomic mass is 9.97. The van der Waals surface area contributed by atoms with Crippen LogP contribution in [-0.4, -0.2) is 44.0 Å². The number of para-hydroxylation sites is 1. The molecule has 0 spiro atoms. The number of sulfone groups is 1. The van der Waals surface area contributed by atoms with Crippen LogP contribution < -0.4 is 33.7 Å². The SMILES string of the molecule is CC(N)CS(=O)(=O)c1ccc(-c2cccc3c2nc(N)n3C)c(/C(N)=N/NN)c1S(N)(=O)=O. The topological polar surface area (TPSA) is 241 Å². The van der Waals surface area contributed by atoms with Crippen LogP contribution in [0.4, 0.5) is 5.95 Å². The molecule has 0 saturated carbocycles. The van der Waals surface area contributed by atoms with Crippen LogP contribution in [0.1, 0.15) is 12.5 Å². The highest BCUT2D eigenvalue weighted by Crippen LogP contribution is 2.37. The van der Waals surface area contributed by atoms with Crippen molar-refractivity contribution >= 4 is 42.7 Å². The Bertz CT molecular complexity index is 1480. The molecule has 15 heteroatoms. The number of sulfonamides is 1. The predicted molar refractivity (Wildman–Crippen MR) is 126 cm³/mol. The lowest BCUT2D eigenvalue weighted by Gasteiger charge is -2.18. The van der Waals surface area contributed by atoms with Crippen molar-refractivity contribution in [2.24, 2.45) is 34.6 Å². The molecule has 0 bridgehead atoms. The summed E-state index contributed by atoms with van der Waals surface area (Å²) in [5.41, 5.74) is 21.1. The normalized spacial score (nSPS) is 13.9.